The maximum Gasteiger partial charge on any atom is 0.126 e. The average Bonchev–Trinajstić information content (AvgIpc) is 2.32. The molecule has 0 saturated heterocycles. The normalized spacial score (nSPS) is 10.5. The van der Waals surface area contributed by atoms with Crippen LogP contribution in [0.2, 0.25) is 0 Å². The van der Waals surface area contributed by atoms with Crippen LogP contribution in [-0.2, 0) is 5.75 Å². The maximum atomic E-state index is 13.4. The van der Waals surface area contributed by atoms with Gasteiger partial charge >= 0.3 is 0 Å². The van der Waals surface area contributed by atoms with Crippen molar-refractivity contribution in [2.75, 3.05) is 0 Å². The summed E-state index contributed by atoms with van der Waals surface area (Å²) in [7, 11) is 0. The monoisotopic (exact) mass is 246 g/mol. The molecule has 0 saturated carbocycles. The number of hydrogen-bond donors (Lipinski definition) is 0. The Bertz CT molecular complexity index is 520. The number of rotatable bonds is 3. The molecule has 0 heterocycles. The Labute approximate surface area is 106 Å². The number of benzene rings is 2. The number of thioether (sulfide) groups is 1. The van der Waals surface area contributed by atoms with Crippen LogP contribution in [0.3, 0.4) is 0 Å². The summed E-state index contributed by atoms with van der Waals surface area (Å²) >= 11 is 1.75. The first-order chi connectivity index (χ1) is 8.16. The summed E-state index contributed by atoms with van der Waals surface area (Å²) in [6.07, 6.45) is 0. The first kappa shape index (κ1) is 12.2. The van der Waals surface area contributed by atoms with Crippen LogP contribution in [0.4, 0.5) is 4.39 Å². The van der Waals surface area contributed by atoms with Crippen LogP contribution in [0.5, 0.6) is 0 Å². The molecule has 0 unspecified atom stereocenters. The largest absolute Gasteiger partial charge is 0.207 e. The molecule has 2 heteroatoms. The molecule has 0 fully saturated rings. The summed E-state index contributed by atoms with van der Waals surface area (Å²) in [5, 5.41) is 0. The topological polar surface area (TPSA) is 0 Å². The van der Waals surface area contributed by atoms with Gasteiger partial charge in [-0.05, 0) is 42.7 Å². The molecule has 17 heavy (non-hydrogen) atoms. The van der Waals surface area contributed by atoms with Gasteiger partial charge in [-0.25, -0.2) is 4.39 Å². The molecule has 0 bridgehead atoms. The summed E-state index contributed by atoms with van der Waals surface area (Å²) in [5.74, 6) is 0.690. The fourth-order valence-electron chi connectivity index (χ4n) is 1.61. The average molecular weight is 246 g/mol. The van der Waals surface area contributed by atoms with E-state index in [2.05, 4.69) is 19.1 Å². The molecule has 2 aromatic carbocycles. The Morgan fingerprint density at radius 2 is 1.76 bits per heavy atom. The Balaban J connectivity index is 2.08. The molecule has 0 spiro atoms. The molecule has 0 N–H and O–H groups in total. The number of hydrogen-bond acceptors (Lipinski definition) is 1. The standard InChI is InChI=1S/C15H15FS/c1-11-7-8-13(9-14(11)16)10-17-15-6-4-3-5-12(15)2/h3-9H,10H2,1-2H3. The highest BCUT2D eigenvalue weighted by atomic mass is 32.2. The molecule has 0 aliphatic heterocycles. The van der Waals surface area contributed by atoms with Gasteiger partial charge in [0.15, 0.2) is 0 Å². The van der Waals surface area contributed by atoms with Gasteiger partial charge in [0.2, 0.25) is 0 Å². The first-order valence-electron chi connectivity index (χ1n) is 5.60. The molecule has 0 aliphatic rings. The molecule has 0 radical (unpaired) electrons. The molecule has 0 atom stereocenters. The van der Waals surface area contributed by atoms with Gasteiger partial charge in [0.25, 0.3) is 0 Å². The van der Waals surface area contributed by atoms with Crippen molar-refractivity contribution in [2.45, 2.75) is 24.5 Å². The second-order valence-electron chi connectivity index (χ2n) is 4.14. The van der Waals surface area contributed by atoms with E-state index in [1.165, 1.54) is 10.5 Å². The van der Waals surface area contributed by atoms with Gasteiger partial charge in [0.05, 0.1) is 0 Å². The van der Waals surface area contributed by atoms with Crippen LogP contribution in [0, 0.1) is 19.7 Å². The Kier molecular flexibility index (Phi) is 3.85. The van der Waals surface area contributed by atoms with Gasteiger partial charge in [-0.2, -0.15) is 0 Å². The lowest BCUT2D eigenvalue weighted by atomic mass is 10.2. The fraction of sp³-hybridized carbons (Fsp3) is 0.200. The third kappa shape index (κ3) is 3.10. The second kappa shape index (κ2) is 5.37. The summed E-state index contributed by atoms with van der Waals surface area (Å²) in [4.78, 5) is 1.26. The minimum Gasteiger partial charge on any atom is -0.207 e. The van der Waals surface area contributed by atoms with Crippen molar-refractivity contribution in [3.8, 4) is 0 Å². The summed E-state index contributed by atoms with van der Waals surface area (Å²) < 4.78 is 13.4. The van der Waals surface area contributed by atoms with E-state index in [0.717, 1.165) is 11.3 Å². The highest BCUT2D eigenvalue weighted by Gasteiger charge is 2.02. The minimum atomic E-state index is -0.118. The molecule has 0 aromatic heterocycles. The molecule has 2 aromatic rings. The van der Waals surface area contributed by atoms with Gasteiger partial charge in [0, 0.05) is 10.6 Å². The van der Waals surface area contributed by atoms with Crippen molar-refractivity contribution in [3.63, 3.8) is 0 Å². The third-order valence-electron chi connectivity index (χ3n) is 2.72. The smallest absolute Gasteiger partial charge is 0.126 e. The molecule has 0 amide bonds. The van der Waals surface area contributed by atoms with Crippen molar-refractivity contribution in [3.05, 3.63) is 65.0 Å². The van der Waals surface area contributed by atoms with Crippen LogP contribution < -0.4 is 0 Å². The third-order valence-corrected chi connectivity index (χ3v) is 3.97. The van der Waals surface area contributed by atoms with Crippen LogP contribution in [0.15, 0.2) is 47.4 Å². The zero-order valence-corrected chi connectivity index (χ0v) is 10.9. The van der Waals surface area contributed by atoms with Crippen LogP contribution in [-0.4, -0.2) is 0 Å². The van der Waals surface area contributed by atoms with Gasteiger partial charge in [-0.15, -0.1) is 11.8 Å². The van der Waals surface area contributed by atoms with Crippen LogP contribution in [0.1, 0.15) is 16.7 Å². The van der Waals surface area contributed by atoms with E-state index >= 15 is 0 Å². The van der Waals surface area contributed by atoms with Crippen molar-refractivity contribution in [1.82, 2.24) is 0 Å². The lowest BCUT2D eigenvalue weighted by molar-refractivity contribution is 0.617. The molecular formula is C15H15FS. The van der Waals surface area contributed by atoms with Gasteiger partial charge < -0.3 is 0 Å². The molecule has 2 rings (SSSR count). The Morgan fingerprint density at radius 3 is 2.47 bits per heavy atom. The van der Waals surface area contributed by atoms with Crippen molar-refractivity contribution in [1.29, 1.82) is 0 Å². The van der Waals surface area contributed by atoms with E-state index in [1.807, 2.05) is 24.3 Å². The minimum absolute atomic E-state index is 0.118. The lowest BCUT2D eigenvalue weighted by Crippen LogP contribution is -1.87. The lowest BCUT2D eigenvalue weighted by Gasteiger charge is -2.06. The van der Waals surface area contributed by atoms with Gasteiger partial charge in [-0.3, -0.25) is 0 Å². The highest BCUT2D eigenvalue weighted by molar-refractivity contribution is 7.98. The van der Waals surface area contributed by atoms with Crippen molar-refractivity contribution >= 4 is 11.8 Å². The predicted molar refractivity (Wildman–Crippen MR) is 71.9 cm³/mol. The van der Waals surface area contributed by atoms with E-state index in [4.69, 9.17) is 0 Å². The van der Waals surface area contributed by atoms with E-state index < -0.39 is 0 Å². The number of halogens is 1. The SMILES string of the molecule is Cc1ccc(CSc2ccccc2C)cc1F. The first-order valence-corrected chi connectivity index (χ1v) is 6.59. The van der Waals surface area contributed by atoms with E-state index in [0.29, 0.717) is 5.56 Å². The van der Waals surface area contributed by atoms with Gasteiger partial charge in [-0.1, -0.05) is 30.3 Å². The van der Waals surface area contributed by atoms with E-state index in [9.17, 15) is 4.39 Å². The second-order valence-corrected chi connectivity index (χ2v) is 5.15. The maximum absolute atomic E-state index is 13.4. The fourth-order valence-corrected chi connectivity index (χ4v) is 2.58. The van der Waals surface area contributed by atoms with Crippen LogP contribution in [0.25, 0.3) is 0 Å². The zero-order chi connectivity index (χ0) is 12.3. The quantitative estimate of drug-likeness (QED) is 0.705. The van der Waals surface area contributed by atoms with Crippen molar-refractivity contribution in [2.24, 2.45) is 0 Å². The molecule has 0 nitrogen and oxygen atoms in total. The summed E-state index contributed by atoms with van der Waals surface area (Å²) in [6, 6.07) is 13.7. The summed E-state index contributed by atoms with van der Waals surface area (Å²) in [5.41, 5.74) is 3.00. The molecule has 88 valence electrons. The van der Waals surface area contributed by atoms with Crippen LogP contribution >= 0.6 is 11.8 Å². The number of aryl methyl sites for hydroxylation is 2. The van der Waals surface area contributed by atoms with Gasteiger partial charge in [0.1, 0.15) is 5.82 Å². The Morgan fingerprint density at radius 1 is 1.00 bits per heavy atom. The predicted octanol–water partition coefficient (Wildman–Crippen LogP) is 4.73. The zero-order valence-electron chi connectivity index (χ0n) is 10.0. The molecular weight excluding hydrogens is 231 g/mol. The molecule has 0 aliphatic carbocycles. The summed E-state index contributed by atoms with van der Waals surface area (Å²) in [6.45, 7) is 3.88. The van der Waals surface area contributed by atoms with Crippen molar-refractivity contribution < 1.29 is 4.39 Å². The highest BCUT2D eigenvalue weighted by Crippen LogP contribution is 2.26. The van der Waals surface area contributed by atoms with E-state index in [-0.39, 0.29) is 5.82 Å². The van der Waals surface area contributed by atoms with E-state index in [1.54, 1.807) is 24.8 Å². The Hall–Kier alpha value is -1.28.